The Balaban J connectivity index is 2.42. The topological polar surface area (TPSA) is 0 Å². The van der Waals surface area contributed by atoms with Gasteiger partial charge in [0.25, 0.3) is 0 Å². The van der Waals surface area contributed by atoms with Crippen molar-refractivity contribution in [3.63, 3.8) is 0 Å². The normalized spacial score (nSPS) is 14.8. The van der Waals surface area contributed by atoms with Gasteiger partial charge in [0.2, 0.25) is 0 Å². The maximum Gasteiger partial charge on any atom is -0.00525 e. The molecule has 0 heteroatoms. The Hall–Kier alpha value is -1.04. The standard InChI is InChI=1S/C17H24/c1-6-12-8-14-10-16(17(3,4)5)11-15(14)9-13(12)7-2/h8-10H,6-7,11H2,1-5H3. The molecule has 0 saturated heterocycles. The Kier molecular flexibility index (Phi) is 3.16. The number of fused-ring (bicyclic) bond motifs is 1. The zero-order valence-electron chi connectivity index (χ0n) is 11.9. The number of allylic oxidation sites excluding steroid dienone is 1. The van der Waals surface area contributed by atoms with Crippen LogP contribution in [-0.4, -0.2) is 0 Å². The lowest BCUT2D eigenvalue weighted by molar-refractivity contribution is 0.498. The summed E-state index contributed by atoms with van der Waals surface area (Å²) in [5.41, 5.74) is 7.93. The van der Waals surface area contributed by atoms with Crippen LogP contribution in [0.2, 0.25) is 0 Å². The van der Waals surface area contributed by atoms with Crippen molar-refractivity contribution in [2.45, 2.75) is 53.9 Å². The summed E-state index contributed by atoms with van der Waals surface area (Å²) in [6.07, 6.45) is 5.86. The summed E-state index contributed by atoms with van der Waals surface area (Å²) in [5, 5.41) is 0. The van der Waals surface area contributed by atoms with Crippen molar-refractivity contribution in [3.8, 4) is 0 Å². The van der Waals surface area contributed by atoms with Gasteiger partial charge in [-0.15, -0.1) is 0 Å². The van der Waals surface area contributed by atoms with Gasteiger partial charge < -0.3 is 0 Å². The highest BCUT2D eigenvalue weighted by atomic mass is 14.3. The van der Waals surface area contributed by atoms with E-state index < -0.39 is 0 Å². The lowest BCUT2D eigenvalue weighted by Gasteiger charge is -2.20. The van der Waals surface area contributed by atoms with Crippen molar-refractivity contribution < 1.29 is 0 Å². The maximum absolute atomic E-state index is 2.43. The van der Waals surface area contributed by atoms with Crippen LogP contribution in [0.3, 0.4) is 0 Å². The zero-order chi connectivity index (χ0) is 12.6. The van der Waals surface area contributed by atoms with Crippen molar-refractivity contribution >= 4 is 6.08 Å². The molecule has 0 bridgehead atoms. The zero-order valence-corrected chi connectivity index (χ0v) is 11.9. The first-order valence-electron chi connectivity index (χ1n) is 6.81. The molecule has 2 rings (SSSR count). The molecule has 1 aromatic carbocycles. The van der Waals surface area contributed by atoms with E-state index in [0.29, 0.717) is 5.41 Å². The number of rotatable bonds is 2. The van der Waals surface area contributed by atoms with Crippen LogP contribution in [0.25, 0.3) is 6.08 Å². The summed E-state index contributed by atoms with van der Waals surface area (Å²) in [4.78, 5) is 0. The summed E-state index contributed by atoms with van der Waals surface area (Å²) >= 11 is 0. The number of aryl methyl sites for hydroxylation is 2. The molecule has 0 N–H and O–H groups in total. The molecular formula is C17H24. The summed E-state index contributed by atoms with van der Waals surface area (Å²) in [5.74, 6) is 0. The highest BCUT2D eigenvalue weighted by Gasteiger charge is 2.23. The van der Waals surface area contributed by atoms with Gasteiger partial charge in [-0.25, -0.2) is 0 Å². The van der Waals surface area contributed by atoms with Crippen LogP contribution < -0.4 is 0 Å². The molecule has 0 aliphatic heterocycles. The van der Waals surface area contributed by atoms with E-state index in [0.717, 1.165) is 19.3 Å². The number of benzene rings is 1. The number of hydrogen-bond donors (Lipinski definition) is 0. The van der Waals surface area contributed by atoms with Crippen molar-refractivity contribution in [3.05, 3.63) is 40.0 Å². The lowest BCUT2D eigenvalue weighted by Crippen LogP contribution is -2.08. The van der Waals surface area contributed by atoms with Gasteiger partial charge in [-0.3, -0.25) is 0 Å². The average molecular weight is 228 g/mol. The number of hydrogen-bond acceptors (Lipinski definition) is 0. The highest BCUT2D eigenvalue weighted by molar-refractivity contribution is 5.66. The molecule has 0 radical (unpaired) electrons. The average Bonchev–Trinajstić information content (AvgIpc) is 2.69. The first-order chi connectivity index (χ1) is 7.95. The van der Waals surface area contributed by atoms with Gasteiger partial charge >= 0.3 is 0 Å². The lowest BCUT2D eigenvalue weighted by atomic mass is 9.85. The van der Waals surface area contributed by atoms with E-state index in [1.54, 1.807) is 5.57 Å². The SMILES string of the molecule is CCc1cc2c(cc1CC)CC(C(C)(C)C)=C2. The van der Waals surface area contributed by atoms with E-state index in [9.17, 15) is 0 Å². The van der Waals surface area contributed by atoms with Crippen LogP contribution in [0.5, 0.6) is 0 Å². The van der Waals surface area contributed by atoms with Gasteiger partial charge in [0.05, 0.1) is 0 Å². The molecule has 1 aliphatic rings. The molecule has 0 fully saturated rings. The van der Waals surface area contributed by atoms with Crippen molar-refractivity contribution in [1.82, 2.24) is 0 Å². The van der Waals surface area contributed by atoms with E-state index in [1.165, 1.54) is 22.3 Å². The van der Waals surface area contributed by atoms with E-state index in [2.05, 4.69) is 52.8 Å². The first kappa shape index (κ1) is 12.4. The van der Waals surface area contributed by atoms with Crippen LogP contribution in [0.15, 0.2) is 17.7 Å². The fourth-order valence-corrected chi connectivity index (χ4v) is 2.63. The van der Waals surface area contributed by atoms with Crippen molar-refractivity contribution in [2.75, 3.05) is 0 Å². The second-order valence-electron chi connectivity index (χ2n) is 6.12. The second kappa shape index (κ2) is 4.33. The predicted octanol–water partition coefficient (Wildman–Crippen LogP) is 4.80. The smallest absolute Gasteiger partial charge is 0.00525 e. The molecule has 0 atom stereocenters. The molecule has 0 heterocycles. The molecule has 0 amide bonds. The molecule has 0 spiro atoms. The highest BCUT2D eigenvalue weighted by Crippen LogP contribution is 2.37. The summed E-state index contributed by atoms with van der Waals surface area (Å²) in [6, 6.07) is 4.84. The Labute approximate surface area is 106 Å². The van der Waals surface area contributed by atoms with Gasteiger partial charge in [-0.2, -0.15) is 0 Å². The molecule has 17 heavy (non-hydrogen) atoms. The Morgan fingerprint density at radius 1 is 1.00 bits per heavy atom. The minimum absolute atomic E-state index is 0.303. The predicted molar refractivity (Wildman–Crippen MR) is 76.3 cm³/mol. The molecule has 0 unspecified atom stereocenters. The fraction of sp³-hybridized carbons (Fsp3) is 0.529. The second-order valence-corrected chi connectivity index (χ2v) is 6.12. The van der Waals surface area contributed by atoms with Gasteiger partial charge in [-0.1, -0.05) is 58.4 Å². The van der Waals surface area contributed by atoms with Gasteiger partial charge in [0.15, 0.2) is 0 Å². The van der Waals surface area contributed by atoms with E-state index in [-0.39, 0.29) is 0 Å². The third kappa shape index (κ3) is 2.31. The minimum Gasteiger partial charge on any atom is -0.0613 e. The third-order valence-electron chi connectivity index (χ3n) is 3.90. The molecule has 92 valence electrons. The Morgan fingerprint density at radius 3 is 2.12 bits per heavy atom. The van der Waals surface area contributed by atoms with E-state index >= 15 is 0 Å². The quantitative estimate of drug-likeness (QED) is 0.682. The van der Waals surface area contributed by atoms with Crippen LogP contribution in [0.4, 0.5) is 0 Å². The summed E-state index contributed by atoms with van der Waals surface area (Å²) < 4.78 is 0. The van der Waals surface area contributed by atoms with Gasteiger partial charge in [0.1, 0.15) is 0 Å². The van der Waals surface area contributed by atoms with E-state index in [1.807, 2.05) is 0 Å². The maximum atomic E-state index is 2.43. The molecule has 1 aromatic rings. The largest absolute Gasteiger partial charge is 0.0613 e. The molecule has 0 aromatic heterocycles. The summed E-state index contributed by atoms with van der Waals surface area (Å²) in [7, 11) is 0. The molecule has 0 saturated carbocycles. The van der Waals surface area contributed by atoms with Gasteiger partial charge in [0, 0.05) is 0 Å². The monoisotopic (exact) mass is 228 g/mol. The van der Waals surface area contributed by atoms with E-state index in [4.69, 9.17) is 0 Å². The Morgan fingerprint density at radius 2 is 1.59 bits per heavy atom. The molecular weight excluding hydrogens is 204 g/mol. The summed E-state index contributed by atoms with van der Waals surface area (Å²) in [6.45, 7) is 11.4. The third-order valence-corrected chi connectivity index (χ3v) is 3.90. The van der Waals surface area contributed by atoms with Crippen LogP contribution in [-0.2, 0) is 19.3 Å². The minimum atomic E-state index is 0.303. The van der Waals surface area contributed by atoms with Crippen molar-refractivity contribution in [2.24, 2.45) is 5.41 Å². The van der Waals surface area contributed by atoms with Crippen LogP contribution in [0, 0.1) is 5.41 Å². The van der Waals surface area contributed by atoms with Crippen LogP contribution in [0.1, 0.15) is 56.9 Å². The Bertz CT molecular complexity index is 456. The van der Waals surface area contributed by atoms with Crippen molar-refractivity contribution in [1.29, 1.82) is 0 Å². The molecule has 1 aliphatic carbocycles. The van der Waals surface area contributed by atoms with Gasteiger partial charge in [-0.05, 0) is 46.9 Å². The fourth-order valence-electron chi connectivity index (χ4n) is 2.63. The van der Waals surface area contributed by atoms with Crippen LogP contribution >= 0.6 is 0 Å². The molecule has 0 nitrogen and oxygen atoms in total. The first-order valence-corrected chi connectivity index (χ1v) is 6.81.